The zero-order valence-electron chi connectivity index (χ0n) is 14.2. The van der Waals surface area contributed by atoms with Gasteiger partial charge in [0.05, 0.1) is 19.1 Å². The highest BCUT2D eigenvalue weighted by atomic mass is 19.1. The molecule has 3 rings (SSSR count). The third-order valence-corrected chi connectivity index (χ3v) is 4.30. The molecule has 2 aromatic carbocycles. The molecule has 0 bridgehead atoms. The van der Waals surface area contributed by atoms with Crippen LogP contribution in [-0.2, 0) is 16.0 Å². The summed E-state index contributed by atoms with van der Waals surface area (Å²) in [6.45, 7) is 2.95. The van der Waals surface area contributed by atoms with Crippen molar-refractivity contribution in [3.05, 3.63) is 66.0 Å². The number of ether oxygens (including phenoxy) is 1. The summed E-state index contributed by atoms with van der Waals surface area (Å²) in [7, 11) is 0. The summed E-state index contributed by atoms with van der Waals surface area (Å²) in [5.41, 5.74) is 1.88. The molecule has 5 heteroatoms. The molecule has 1 amide bonds. The minimum Gasteiger partial charge on any atom is -0.374 e. The Kier molecular flexibility index (Phi) is 6.01. The Balaban J connectivity index is 1.41. The van der Waals surface area contributed by atoms with Crippen LogP contribution in [-0.4, -0.2) is 38.3 Å². The van der Waals surface area contributed by atoms with Crippen LogP contribution in [0.1, 0.15) is 12.0 Å². The maximum atomic E-state index is 13.1. The predicted octanol–water partition coefficient (Wildman–Crippen LogP) is 2.78. The Labute approximate surface area is 147 Å². The summed E-state index contributed by atoms with van der Waals surface area (Å²) in [6, 6.07) is 16.4. The van der Waals surface area contributed by atoms with E-state index in [2.05, 4.69) is 22.3 Å². The smallest absolute Gasteiger partial charge is 0.224 e. The first kappa shape index (κ1) is 17.4. The van der Waals surface area contributed by atoms with Gasteiger partial charge in [-0.15, -0.1) is 0 Å². The summed E-state index contributed by atoms with van der Waals surface area (Å²) < 4.78 is 18.9. The molecule has 0 aliphatic carbocycles. The molecule has 0 aromatic heterocycles. The van der Waals surface area contributed by atoms with Crippen LogP contribution >= 0.6 is 0 Å². The molecule has 1 fully saturated rings. The summed E-state index contributed by atoms with van der Waals surface area (Å²) in [6.07, 6.45) is 1.06. The molecule has 0 radical (unpaired) electrons. The number of hydrogen-bond donors (Lipinski definition) is 1. The van der Waals surface area contributed by atoms with E-state index < -0.39 is 0 Å². The number of para-hydroxylation sites is 1. The molecule has 0 spiro atoms. The normalized spacial score (nSPS) is 17.3. The predicted molar refractivity (Wildman–Crippen MR) is 96.1 cm³/mol. The molecule has 2 aromatic rings. The first-order chi connectivity index (χ1) is 12.2. The second-order valence-corrected chi connectivity index (χ2v) is 6.22. The van der Waals surface area contributed by atoms with Crippen molar-refractivity contribution >= 4 is 11.6 Å². The highest BCUT2D eigenvalue weighted by Gasteiger charge is 2.20. The van der Waals surface area contributed by atoms with E-state index in [0.717, 1.165) is 19.5 Å². The molecule has 1 aliphatic rings. The van der Waals surface area contributed by atoms with Crippen molar-refractivity contribution in [2.24, 2.45) is 0 Å². The molecule has 1 heterocycles. The van der Waals surface area contributed by atoms with Crippen molar-refractivity contribution < 1.29 is 13.9 Å². The third-order valence-electron chi connectivity index (χ3n) is 4.30. The number of nitrogens with one attached hydrogen (secondary N) is 1. The van der Waals surface area contributed by atoms with Gasteiger partial charge >= 0.3 is 0 Å². The molecule has 1 aliphatic heterocycles. The zero-order valence-corrected chi connectivity index (χ0v) is 14.2. The first-order valence-electron chi connectivity index (χ1n) is 8.63. The minimum absolute atomic E-state index is 0.0960. The van der Waals surface area contributed by atoms with Gasteiger partial charge in [-0.25, -0.2) is 4.39 Å². The molecule has 4 nitrogen and oxygen atoms in total. The van der Waals surface area contributed by atoms with E-state index in [-0.39, 0.29) is 24.2 Å². The highest BCUT2D eigenvalue weighted by Crippen LogP contribution is 2.18. The molecule has 1 atom stereocenters. The van der Waals surface area contributed by atoms with Crippen LogP contribution in [0.2, 0.25) is 0 Å². The van der Waals surface area contributed by atoms with Crippen LogP contribution in [0.3, 0.4) is 0 Å². The van der Waals surface area contributed by atoms with E-state index in [1.165, 1.54) is 17.8 Å². The van der Waals surface area contributed by atoms with Gasteiger partial charge in [-0.05, 0) is 36.2 Å². The van der Waals surface area contributed by atoms with Gasteiger partial charge in [-0.1, -0.05) is 30.3 Å². The number of anilines is 1. The number of nitrogens with zero attached hydrogens (tertiary/aromatic N) is 1. The van der Waals surface area contributed by atoms with Gasteiger partial charge in [0.25, 0.3) is 0 Å². The fourth-order valence-corrected chi connectivity index (χ4v) is 3.03. The van der Waals surface area contributed by atoms with Gasteiger partial charge in [-0.3, -0.25) is 4.79 Å². The van der Waals surface area contributed by atoms with E-state index in [4.69, 9.17) is 4.74 Å². The Hall–Kier alpha value is -2.40. The van der Waals surface area contributed by atoms with Gasteiger partial charge in [0.1, 0.15) is 5.82 Å². The van der Waals surface area contributed by atoms with Crippen molar-refractivity contribution in [3.63, 3.8) is 0 Å². The van der Waals surface area contributed by atoms with E-state index in [9.17, 15) is 9.18 Å². The van der Waals surface area contributed by atoms with E-state index in [1.807, 2.05) is 18.2 Å². The van der Waals surface area contributed by atoms with Crippen molar-refractivity contribution in [1.82, 2.24) is 5.32 Å². The highest BCUT2D eigenvalue weighted by molar-refractivity contribution is 5.78. The SMILES string of the molecule is O=C(Cc1cccc(F)c1)NCCC1CN(c2ccccc2)CCO1. The van der Waals surface area contributed by atoms with Gasteiger partial charge in [0.15, 0.2) is 0 Å². The monoisotopic (exact) mass is 342 g/mol. The van der Waals surface area contributed by atoms with Crippen molar-refractivity contribution in [2.45, 2.75) is 18.9 Å². The number of hydrogen-bond acceptors (Lipinski definition) is 3. The molecular weight excluding hydrogens is 319 g/mol. The second-order valence-electron chi connectivity index (χ2n) is 6.22. The van der Waals surface area contributed by atoms with Crippen LogP contribution in [0, 0.1) is 5.82 Å². The molecular formula is C20H23FN2O2. The number of amides is 1. The summed E-state index contributed by atoms with van der Waals surface area (Å²) >= 11 is 0. The lowest BCUT2D eigenvalue weighted by Crippen LogP contribution is -2.44. The lowest BCUT2D eigenvalue weighted by atomic mass is 10.1. The van der Waals surface area contributed by atoms with E-state index in [0.29, 0.717) is 18.7 Å². The Morgan fingerprint density at radius 2 is 2.04 bits per heavy atom. The van der Waals surface area contributed by atoms with E-state index in [1.54, 1.807) is 12.1 Å². The maximum Gasteiger partial charge on any atom is 0.224 e. The first-order valence-corrected chi connectivity index (χ1v) is 8.63. The number of halogens is 1. The van der Waals surface area contributed by atoms with Gasteiger partial charge in [-0.2, -0.15) is 0 Å². The molecule has 1 saturated heterocycles. The molecule has 1 unspecified atom stereocenters. The average Bonchev–Trinajstić information content (AvgIpc) is 2.63. The van der Waals surface area contributed by atoms with Gasteiger partial charge in [0, 0.05) is 25.3 Å². The lowest BCUT2D eigenvalue weighted by Gasteiger charge is -2.34. The Morgan fingerprint density at radius 1 is 1.20 bits per heavy atom. The standard InChI is InChI=1S/C20H23FN2O2/c21-17-6-4-5-16(13-17)14-20(24)22-10-9-19-15-23(11-12-25-19)18-7-2-1-3-8-18/h1-8,13,19H,9-12,14-15H2,(H,22,24). The Morgan fingerprint density at radius 3 is 2.84 bits per heavy atom. The largest absolute Gasteiger partial charge is 0.374 e. The lowest BCUT2D eigenvalue weighted by molar-refractivity contribution is -0.120. The van der Waals surface area contributed by atoms with Crippen molar-refractivity contribution in [1.29, 1.82) is 0 Å². The molecule has 0 saturated carbocycles. The molecule has 132 valence electrons. The fourth-order valence-electron chi connectivity index (χ4n) is 3.03. The number of carbonyl (C=O) groups is 1. The molecule has 1 N–H and O–H groups in total. The number of benzene rings is 2. The van der Waals surface area contributed by atoms with Crippen LogP contribution in [0.4, 0.5) is 10.1 Å². The molecule has 25 heavy (non-hydrogen) atoms. The summed E-state index contributed by atoms with van der Waals surface area (Å²) in [4.78, 5) is 14.3. The van der Waals surface area contributed by atoms with Crippen molar-refractivity contribution in [2.75, 3.05) is 31.1 Å². The number of carbonyl (C=O) groups excluding carboxylic acids is 1. The number of rotatable bonds is 6. The van der Waals surface area contributed by atoms with Crippen LogP contribution in [0.25, 0.3) is 0 Å². The summed E-state index contributed by atoms with van der Waals surface area (Å²) in [5, 5.41) is 2.89. The third kappa shape index (κ3) is 5.29. The fraction of sp³-hybridized carbons (Fsp3) is 0.350. The number of morpholine rings is 1. The van der Waals surface area contributed by atoms with E-state index >= 15 is 0 Å². The van der Waals surface area contributed by atoms with Gasteiger partial charge < -0.3 is 15.0 Å². The quantitative estimate of drug-likeness (QED) is 0.878. The maximum absolute atomic E-state index is 13.1. The van der Waals surface area contributed by atoms with Crippen LogP contribution < -0.4 is 10.2 Å². The topological polar surface area (TPSA) is 41.6 Å². The van der Waals surface area contributed by atoms with Crippen LogP contribution in [0.15, 0.2) is 54.6 Å². The van der Waals surface area contributed by atoms with Crippen molar-refractivity contribution in [3.8, 4) is 0 Å². The zero-order chi connectivity index (χ0) is 17.5. The Bertz CT molecular complexity index is 693. The van der Waals surface area contributed by atoms with Gasteiger partial charge in [0.2, 0.25) is 5.91 Å². The average molecular weight is 342 g/mol. The minimum atomic E-state index is -0.318. The second kappa shape index (κ2) is 8.62. The summed E-state index contributed by atoms with van der Waals surface area (Å²) in [5.74, 6) is -0.414. The van der Waals surface area contributed by atoms with Crippen LogP contribution in [0.5, 0.6) is 0 Å².